The summed E-state index contributed by atoms with van der Waals surface area (Å²) in [5, 5.41) is 6.46. The number of carbonyl (C=O) groups is 1. The van der Waals surface area contributed by atoms with Crippen LogP contribution < -0.4 is 4.74 Å². The summed E-state index contributed by atoms with van der Waals surface area (Å²) in [5.74, 6) is 1.25. The lowest BCUT2D eigenvalue weighted by Crippen LogP contribution is -2.42. The zero-order chi connectivity index (χ0) is 23.6. The van der Waals surface area contributed by atoms with Crippen LogP contribution in [0, 0.1) is 18.8 Å². The molecule has 172 valence electrons. The summed E-state index contributed by atoms with van der Waals surface area (Å²) in [7, 11) is 1.61. The van der Waals surface area contributed by atoms with E-state index in [4.69, 9.17) is 4.74 Å². The molecule has 1 atom stereocenters. The molecule has 0 aromatic heterocycles. The number of hydrogen-bond donors (Lipinski definition) is 0. The van der Waals surface area contributed by atoms with Crippen LogP contribution in [0.4, 0.5) is 0 Å². The second-order valence-electron chi connectivity index (χ2n) is 8.05. The number of allylic oxidation sites excluding steroid dienone is 2. The maximum atomic E-state index is 13.3. The van der Waals surface area contributed by atoms with Crippen LogP contribution in [-0.2, 0) is 0 Å². The molecule has 1 aliphatic rings. The van der Waals surface area contributed by atoms with Gasteiger partial charge in [0.2, 0.25) is 0 Å². The highest BCUT2D eigenvalue weighted by atomic mass is 16.5. The SMILES string of the molecule is C=C(C)N(/N=C\C)/C(=C\C(C)C)C1CCCN(C(=O)c2ccc(C)cc2OC)C1.CC. The summed E-state index contributed by atoms with van der Waals surface area (Å²) in [6.45, 7) is 19.7. The predicted octanol–water partition coefficient (Wildman–Crippen LogP) is 6.26. The van der Waals surface area contributed by atoms with E-state index in [2.05, 4.69) is 31.6 Å². The molecule has 2 rings (SSSR count). The topological polar surface area (TPSA) is 45.1 Å². The average Bonchev–Trinajstić information content (AvgIpc) is 2.76. The van der Waals surface area contributed by atoms with Crippen molar-refractivity contribution in [1.82, 2.24) is 9.91 Å². The largest absolute Gasteiger partial charge is 0.496 e. The number of amides is 1. The van der Waals surface area contributed by atoms with Crippen molar-refractivity contribution in [3.8, 4) is 5.75 Å². The summed E-state index contributed by atoms with van der Waals surface area (Å²) in [5.41, 5.74) is 3.70. The number of hydrazone groups is 1. The van der Waals surface area contributed by atoms with Gasteiger partial charge in [-0.15, -0.1) is 0 Å². The number of hydrogen-bond acceptors (Lipinski definition) is 4. The minimum atomic E-state index is 0.0244. The van der Waals surface area contributed by atoms with Crippen molar-refractivity contribution >= 4 is 12.1 Å². The molecule has 1 aliphatic heterocycles. The normalized spacial score (nSPS) is 16.7. The van der Waals surface area contributed by atoms with Crippen molar-refractivity contribution < 1.29 is 9.53 Å². The maximum absolute atomic E-state index is 13.3. The molecule has 0 N–H and O–H groups in total. The second kappa shape index (κ2) is 13.0. The minimum Gasteiger partial charge on any atom is -0.496 e. The van der Waals surface area contributed by atoms with E-state index >= 15 is 0 Å². The molecule has 0 bridgehead atoms. The van der Waals surface area contributed by atoms with E-state index in [9.17, 15) is 4.79 Å². The van der Waals surface area contributed by atoms with Crippen LogP contribution in [0.2, 0.25) is 0 Å². The maximum Gasteiger partial charge on any atom is 0.257 e. The Hall–Kier alpha value is -2.56. The summed E-state index contributed by atoms with van der Waals surface area (Å²) in [6, 6.07) is 5.74. The highest BCUT2D eigenvalue weighted by molar-refractivity contribution is 5.97. The van der Waals surface area contributed by atoms with Crippen molar-refractivity contribution in [3.63, 3.8) is 0 Å². The van der Waals surface area contributed by atoms with Crippen LogP contribution in [0.3, 0.4) is 0 Å². The predicted molar refractivity (Wildman–Crippen MR) is 131 cm³/mol. The Bertz CT molecular complexity index is 796. The molecule has 0 spiro atoms. The third-order valence-corrected chi connectivity index (χ3v) is 5.06. The van der Waals surface area contributed by atoms with E-state index in [0.717, 1.165) is 36.3 Å². The highest BCUT2D eigenvalue weighted by Crippen LogP contribution is 2.31. The van der Waals surface area contributed by atoms with Gasteiger partial charge in [-0.3, -0.25) is 4.79 Å². The zero-order valence-corrected chi connectivity index (χ0v) is 20.7. The molecule has 0 radical (unpaired) electrons. The number of benzene rings is 1. The molecule has 1 unspecified atom stereocenters. The molecule has 31 heavy (non-hydrogen) atoms. The number of rotatable bonds is 7. The van der Waals surface area contributed by atoms with E-state index in [0.29, 0.717) is 23.8 Å². The molecule has 1 amide bonds. The van der Waals surface area contributed by atoms with Gasteiger partial charge < -0.3 is 9.64 Å². The molecule has 1 fully saturated rings. The standard InChI is InChI=1S/C24H35N3O2.C2H6/c1-8-25-27(18(4)5)22(14-17(2)3)20-10-9-13-26(16-20)24(28)21-12-11-19(6)15-23(21)29-7;1-2/h8,11-12,14-15,17,20H,4,9-10,13,16H2,1-3,5-7H3;1-2H3/b22-14-,25-8-;. The van der Waals surface area contributed by atoms with Gasteiger partial charge in [0.25, 0.3) is 5.91 Å². The molecule has 5 heteroatoms. The first kappa shape index (κ1) is 26.5. The lowest BCUT2D eigenvalue weighted by molar-refractivity contribution is 0.0675. The fourth-order valence-electron chi connectivity index (χ4n) is 3.77. The summed E-state index contributed by atoms with van der Waals surface area (Å²) < 4.78 is 5.47. The van der Waals surface area contributed by atoms with Gasteiger partial charge in [0.1, 0.15) is 5.75 Å². The third-order valence-electron chi connectivity index (χ3n) is 5.06. The number of nitrogens with zero attached hydrogens (tertiary/aromatic N) is 3. The Morgan fingerprint density at radius 3 is 2.58 bits per heavy atom. The zero-order valence-electron chi connectivity index (χ0n) is 20.7. The Balaban J connectivity index is 0.00000233. The van der Waals surface area contributed by atoms with E-state index < -0.39 is 0 Å². The van der Waals surface area contributed by atoms with Crippen molar-refractivity contribution in [1.29, 1.82) is 0 Å². The molecule has 1 aromatic rings. The Morgan fingerprint density at radius 2 is 2.03 bits per heavy atom. The summed E-state index contributed by atoms with van der Waals surface area (Å²) in [4.78, 5) is 15.2. The van der Waals surface area contributed by atoms with Gasteiger partial charge in [-0.1, -0.05) is 46.4 Å². The number of likely N-dealkylation sites (tertiary alicyclic amines) is 1. The molecule has 1 aromatic carbocycles. The highest BCUT2D eigenvalue weighted by Gasteiger charge is 2.30. The van der Waals surface area contributed by atoms with Crippen LogP contribution in [0.5, 0.6) is 5.75 Å². The Labute approximate surface area is 189 Å². The third kappa shape index (κ3) is 7.27. The van der Waals surface area contributed by atoms with Gasteiger partial charge in [0.05, 0.1) is 12.7 Å². The summed E-state index contributed by atoms with van der Waals surface area (Å²) in [6.07, 6.45) is 6.01. The van der Waals surface area contributed by atoms with E-state index in [1.807, 2.05) is 62.7 Å². The number of ether oxygens (including phenoxy) is 1. The van der Waals surface area contributed by atoms with Crippen LogP contribution in [-0.4, -0.2) is 42.2 Å². The first-order valence-corrected chi connectivity index (χ1v) is 11.4. The molecular formula is C26H41N3O2. The fraction of sp³-hybridized carbons (Fsp3) is 0.538. The van der Waals surface area contributed by atoms with Gasteiger partial charge in [-0.05, 0) is 57.2 Å². The molecule has 0 saturated carbocycles. The Kier molecular flexibility index (Phi) is 11.1. The van der Waals surface area contributed by atoms with E-state index in [1.165, 1.54) is 0 Å². The second-order valence-corrected chi connectivity index (χ2v) is 8.05. The number of piperidine rings is 1. The molecule has 0 aliphatic carbocycles. The van der Waals surface area contributed by atoms with Crippen LogP contribution in [0.25, 0.3) is 0 Å². The average molecular weight is 428 g/mol. The van der Waals surface area contributed by atoms with Gasteiger partial charge in [0.15, 0.2) is 0 Å². The summed E-state index contributed by atoms with van der Waals surface area (Å²) >= 11 is 0. The first-order valence-electron chi connectivity index (χ1n) is 11.4. The Morgan fingerprint density at radius 1 is 1.35 bits per heavy atom. The van der Waals surface area contributed by atoms with Gasteiger partial charge in [-0.2, -0.15) is 5.10 Å². The number of carbonyl (C=O) groups excluding carboxylic acids is 1. The number of methoxy groups -OCH3 is 1. The lowest BCUT2D eigenvalue weighted by Gasteiger charge is -2.37. The molecule has 1 heterocycles. The van der Waals surface area contributed by atoms with Gasteiger partial charge >= 0.3 is 0 Å². The monoisotopic (exact) mass is 427 g/mol. The van der Waals surface area contributed by atoms with Crippen molar-refractivity contribution in [2.24, 2.45) is 16.9 Å². The minimum absolute atomic E-state index is 0.0244. The van der Waals surface area contributed by atoms with Gasteiger partial charge in [0, 0.05) is 36.6 Å². The fourth-order valence-corrected chi connectivity index (χ4v) is 3.77. The quantitative estimate of drug-likeness (QED) is 0.381. The van der Waals surface area contributed by atoms with E-state index in [1.54, 1.807) is 13.3 Å². The number of aryl methyl sites for hydroxylation is 1. The molecule has 1 saturated heterocycles. The van der Waals surface area contributed by atoms with Crippen LogP contribution >= 0.6 is 0 Å². The van der Waals surface area contributed by atoms with Crippen LogP contribution in [0.1, 0.15) is 70.3 Å². The van der Waals surface area contributed by atoms with E-state index in [-0.39, 0.29) is 11.8 Å². The smallest absolute Gasteiger partial charge is 0.257 e. The van der Waals surface area contributed by atoms with Crippen molar-refractivity contribution in [2.45, 2.75) is 61.3 Å². The molecular weight excluding hydrogens is 386 g/mol. The first-order chi connectivity index (χ1) is 14.8. The molecule has 5 nitrogen and oxygen atoms in total. The van der Waals surface area contributed by atoms with Crippen molar-refractivity contribution in [3.05, 3.63) is 53.4 Å². The van der Waals surface area contributed by atoms with Crippen molar-refractivity contribution in [2.75, 3.05) is 20.2 Å². The van der Waals surface area contributed by atoms with Crippen LogP contribution in [0.15, 0.2) is 47.3 Å². The van der Waals surface area contributed by atoms with Gasteiger partial charge in [-0.25, -0.2) is 5.01 Å². The lowest BCUT2D eigenvalue weighted by atomic mass is 9.91.